The van der Waals surface area contributed by atoms with Crippen LogP contribution in [0.2, 0.25) is 0 Å². The van der Waals surface area contributed by atoms with E-state index in [0.29, 0.717) is 11.3 Å². The molecule has 1 aromatic heterocycles. The Labute approximate surface area is 136 Å². The second-order valence-corrected chi connectivity index (χ2v) is 5.25. The lowest BCUT2D eigenvalue weighted by molar-refractivity contribution is -0.144. The molecule has 1 heterocycles. The average molecular weight is 326 g/mol. The van der Waals surface area contributed by atoms with Gasteiger partial charge in [-0.15, -0.1) is 0 Å². The van der Waals surface area contributed by atoms with Gasteiger partial charge in [0.15, 0.2) is 11.5 Å². The summed E-state index contributed by atoms with van der Waals surface area (Å²) in [4.78, 5) is 23.2. The second-order valence-electron chi connectivity index (χ2n) is 5.25. The third kappa shape index (κ3) is 2.94. The van der Waals surface area contributed by atoms with Crippen molar-refractivity contribution in [2.75, 3.05) is 0 Å². The minimum Gasteiger partial charge on any atom is -0.507 e. The maximum Gasteiger partial charge on any atom is 0.344 e. The number of aromatic hydroxyl groups is 1. The molecule has 0 aliphatic carbocycles. The predicted octanol–water partition coefficient (Wildman–Crippen LogP) is 3.02. The van der Waals surface area contributed by atoms with Gasteiger partial charge in [0.05, 0.1) is 0 Å². The van der Waals surface area contributed by atoms with Crippen LogP contribution in [0.5, 0.6) is 11.5 Å². The molecule has 2 aromatic carbocycles. The van der Waals surface area contributed by atoms with Gasteiger partial charge in [-0.05, 0) is 6.92 Å². The summed E-state index contributed by atoms with van der Waals surface area (Å²) >= 11 is 0. The summed E-state index contributed by atoms with van der Waals surface area (Å²) in [5.41, 5.74) is 0.431. The lowest BCUT2D eigenvalue weighted by Crippen LogP contribution is -2.22. The number of aliphatic carboxylic acids is 1. The molecule has 0 radical (unpaired) electrons. The Morgan fingerprint density at radius 1 is 1.17 bits per heavy atom. The van der Waals surface area contributed by atoms with E-state index >= 15 is 0 Å². The van der Waals surface area contributed by atoms with Gasteiger partial charge in [-0.1, -0.05) is 30.3 Å². The maximum atomic E-state index is 12.3. The number of ether oxygens (including phenoxy) is 1. The van der Waals surface area contributed by atoms with Crippen molar-refractivity contribution in [1.29, 1.82) is 0 Å². The summed E-state index contributed by atoms with van der Waals surface area (Å²) in [5, 5.41) is 19.0. The van der Waals surface area contributed by atoms with Gasteiger partial charge < -0.3 is 19.4 Å². The first-order chi connectivity index (χ1) is 11.5. The van der Waals surface area contributed by atoms with Crippen LogP contribution in [-0.2, 0) is 4.79 Å². The van der Waals surface area contributed by atoms with Gasteiger partial charge in [-0.3, -0.25) is 4.79 Å². The largest absolute Gasteiger partial charge is 0.507 e. The van der Waals surface area contributed by atoms with E-state index in [-0.39, 0.29) is 22.5 Å². The zero-order chi connectivity index (χ0) is 17.3. The molecule has 0 fully saturated rings. The van der Waals surface area contributed by atoms with E-state index in [1.54, 1.807) is 12.1 Å². The molecule has 3 rings (SSSR count). The van der Waals surface area contributed by atoms with Gasteiger partial charge >= 0.3 is 5.97 Å². The van der Waals surface area contributed by atoms with Crippen LogP contribution in [0.25, 0.3) is 22.3 Å². The molecule has 24 heavy (non-hydrogen) atoms. The summed E-state index contributed by atoms with van der Waals surface area (Å²) in [6.45, 7) is 1.36. The summed E-state index contributed by atoms with van der Waals surface area (Å²) < 4.78 is 10.9. The molecule has 0 amide bonds. The average Bonchev–Trinajstić information content (AvgIpc) is 2.54. The number of hydrogen-bond donors (Lipinski definition) is 2. The maximum absolute atomic E-state index is 12.3. The molecule has 6 nitrogen and oxygen atoms in total. The number of phenolic OH excluding ortho intramolecular Hbond substituents is 1. The zero-order valence-corrected chi connectivity index (χ0v) is 12.7. The van der Waals surface area contributed by atoms with Gasteiger partial charge in [0.1, 0.15) is 28.2 Å². The van der Waals surface area contributed by atoms with Crippen molar-refractivity contribution in [3.63, 3.8) is 0 Å². The molecule has 0 aliphatic rings. The van der Waals surface area contributed by atoms with Crippen molar-refractivity contribution in [3.05, 3.63) is 58.8 Å². The lowest BCUT2D eigenvalue weighted by Gasteiger charge is -2.12. The summed E-state index contributed by atoms with van der Waals surface area (Å²) in [6.07, 6.45) is -1.11. The highest BCUT2D eigenvalue weighted by atomic mass is 16.5. The van der Waals surface area contributed by atoms with Crippen LogP contribution >= 0.6 is 0 Å². The molecule has 0 aliphatic heterocycles. The van der Waals surface area contributed by atoms with Crippen LogP contribution in [-0.4, -0.2) is 22.3 Å². The third-order valence-electron chi connectivity index (χ3n) is 3.50. The van der Waals surface area contributed by atoms with Crippen molar-refractivity contribution in [3.8, 4) is 22.8 Å². The fraction of sp³-hybridized carbons (Fsp3) is 0.111. The number of carbonyl (C=O) groups is 1. The van der Waals surface area contributed by atoms with Gasteiger partial charge in [-0.2, -0.15) is 0 Å². The smallest absolute Gasteiger partial charge is 0.344 e. The normalized spacial score (nSPS) is 12.0. The molecule has 122 valence electrons. The first-order valence-corrected chi connectivity index (χ1v) is 7.21. The Morgan fingerprint density at radius 3 is 2.54 bits per heavy atom. The van der Waals surface area contributed by atoms with Crippen LogP contribution in [0.3, 0.4) is 0 Å². The van der Waals surface area contributed by atoms with Crippen LogP contribution in [0.1, 0.15) is 6.92 Å². The summed E-state index contributed by atoms with van der Waals surface area (Å²) in [6, 6.07) is 12.9. The van der Waals surface area contributed by atoms with Crippen molar-refractivity contribution in [1.82, 2.24) is 0 Å². The molecule has 3 aromatic rings. The Balaban J connectivity index is 2.14. The second kappa shape index (κ2) is 6.08. The number of rotatable bonds is 4. The standard InChI is InChI=1S/C18H14O6/c1-10(18(21)22)23-12-7-13(19)17-14(20)9-15(24-16(17)8-12)11-5-3-2-4-6-11/h2-10,19H,1H3,(H,21,22)/t10-/m1/s1. The topological polar surface area (TPSA) is 97.0 Å². The Morgan fingerprint density at radius 2 is 1.88 bits per heavy atom. The van der Waals surface area contributed by atoms with E-state index in [9.17, 15) is 14.7 Å². The molecular formula is C18H14O6. The minimum atomic E-state index is -1.14. The van der Waals surface area contributed by atoms with Crippen molar-refractivity contribution >= 4 is 16.9 Å². The zero-order valence-electron chi connectivity index (χ0n) is 12.7. The van der Waals surface area contributed by atoms with E-state index in [2.05, 4.69) is 0 Å². The Bertz CT molecular complexity index is 958. The number of hydrogen-bond acceptors (Lipinski definition) is 5. The molecule has 0 bridgehead atoms. The highest BCUT2D eigenvalue weighted by Crippen LogP contribution is 2.31. The molecule has 0 spiro atoms. The van der Waals surface area contributed by atoms with E-state index in [4.69, 9.17) is 14.3 Å². The van der Waals surface area contributed by atoms with Crippen LogP contribution in [0.15, 0.2) is 57.7 Å². The van der Waals surface area contributed by atoms with E-state index in [0.717, 1.165) is 0 Å². The van der Waals surface area contributed by atoms with Crippen LogP contribution in [0, 0.1) is 0 Å². The van der Waals surface area contributed by atoms with Crippen molar-refractivity contribution in [2.24, 2.45) is 0 Å². The van der Waals surface area contributed by atoms with Gasteiger partial charge in [0, 0.05) is 23.8 Å². The monoisotopic (exact) mass is 326 g/mol. The van der Waals surface area contributed by atoms with Gasteiger partial charge in [0.25, 0.3) is 0 Å². The quantitative estimate of drug-likeness (QED) is 0.765. The molecule has 1 atom stereocenters. The molecular weight excluding hydrogens is 312 g/mol. The number of carboxylic acids is 1. The fourth-order valence-corrected chi connectivity index (χ4v) is 2.31. The van der Waals surface area contributed by atoms with Gasteiger partial charge in [-0.25, -0.2) is 4.79 Å². The molecule has 2 N–H and O–H groups in total. The minimum absolute atomic E-state index is 0.0185. The van der Waals surface area contributed by atoms with Crippen LogP contribution < -0.4 is 10.2 Å². The SMILES string of the molecule is C[C@@H](Oc1cc(O)c2c(=O)cc(-c3ccccc3)oc2c1)C(=O)O. The molecule has 0 saturated heterocycles. The number of carboxylic acid groups (broad SMARTS) is 1. The van der Waals surface area contributed by atoms with E-state index in [1.165, 1.54) is 25.1 Å². The van der Waals surface area contributed by atoms with Crippen LogP contribution in [0.4, 0.5) is 0 Å². The fourth-order valence-electron chi connectivity index (χ4n) is 2.31. The first kappa shape index (κ1) is 15.6. The van der Waals surface area contributed by atoms with Gasteiger partial charge in [0.2, 0.25) is 0 Å². The number of phenols is 1. The van der Waals surface area contributed by atoms with Crippen molar-refractivity contribution < 1.29 is 24.2 Å². The number of fused-ring (bicyclic) bond motifs is 1. The van der Waals surface area contributed by atoms with E-state index in [1.807, 2.05) is 18.2 Å². The Kier molecular flexibility index (Phi) is 3.95. The summed E-state index contributed by atoms with van der Waals surface area (Å²) in [7, 11) is 0. The van der Waals surface area contributed by atoms with Crippen molar-refractivity contribution in [2.45, 2.75) is 13.0 Å². The predicted molar refractivity (Wildman–Crippen MR) is 87.3 cm³/mol. The molecule has 6 heteroatoms. The highest BCUT2D eigenvalue weighted by molar-refractivity contribution is 5.86. The molecule has 0 unspecified atom stereocenters. The first-order valence-electron chi connectivity index (χ1n) is 7.21. The lowest BCUT2D eigenvalue weighted by atomic mass is 10.1. The molecule has 0 saturated carbocycles. The number of benzene rings is 2. The third-order valence-corrected chi connectivity index (χ3v) is 3.50. The Hall–Kier alpha value is -3.28. The summed E-state index contributed by atoms with van der Waals surface area (Å²) in [5.74, 6) is -1.03. The highest BCUT2D eigenvalue weighted by Gasteiger charge is 2.16. The van der Waals surface area contributed by atoms with E-state index < -0.39 is 17.5 Å².